The zero-order valence-electron chi connectivity index (χ0n) is 9.86. The van der Waals surface area contributed by atoms with Crippen molar-refractivity contribution in [2.75, 3.05) is 0 Å². The lowest BCUT2D eigenvalue weighted by Gasteiger charge is -2.05. The van der Waals surface area contributed by atoms with E-state index < -0.39 is 10.0 Å². The number of halogens is 1. The van der Waals surface area contributed by atoms with Gasteiger partial charge < -0.3 is 0 Å². The highest BCUT2D eigenvalue weighted by Gasteiger charge is 2.19. The maximum Gasteiger partial charge on any atom is 0.242 e. The van der Waals surface area contributed by atoms with E-state index in [4.69, 9.17) is 0 Å². The molecule has 0 bridgehead atoms. The van der Waals surface area contributed by atoms with Gasteiger partial charge in [0.25, 0.3) is 0 Å². The predicted octanol–water partition coefficient (Wildman–Crippen LogP) is 3.67. The van der Waals surface area contributed by atoms with E-state index in [9.17, 15) is 8.42 Å². The Kier molecular flexibility index (Phi) is 4.28. The summed E-state index contributed by atoms with van der Waals surface area (Å²) in [6.07, 6.45) is 0. The fraction of sp³-hybridized carbons (Fsp3) is 0.273. The molecule has 0 aromatic carbocycles. The maximum absolute atomic E-state index is 12.2. The van der Waals surface area contributed by atoms with E-state index in [0.717, 1.165) is 19.1 Å². The lowest BCUT2D eigenvalue weighted by atomic mass is 10.3. The molecular formula is C11H12BrNO2S3. The zero-order valence-corrected chi connectivity index (χ0v) is 13.9. The summed E-state index contributed by atoms with van der Waals surface area (Å²) in [5.74, 6) is 0. The molecule has 0 aliphatic carbocycles. The average molecular weight is 366 g/mol. The quantitative estimate of drug-likeness (QED) is 0.898. The molecule has 7 heteroatoms. The molecule has 0 aliphatic rings. The minimum Gasteiger partial charge on any atom is -0.207 e. The van der Waals surface area contributed by atoms with Gasteiger partial charge in [0.15, 0.2) is 0 Å². The van der Waals surface area contributed by atoms with E-state index in [2.05, 4.69) is 20.7 Å². The molecule has 0 saturated carbocycles. The molecule has 0 amide bonds. The Morgan fingerprint density at radius 2 is 2.11 bits per heavy atom. The third-order valence-electron chi connectivity index (χ3n) is 2.52. The van der Waals surface area contributed by atoms with Crippen LogP contribution in [0.1, 0.15) is 15.3 Å². The van der Waals surface area contributed by atoms with Crippen molar-refractivity contribution in [1.82, 2.24) is 4.72 Å². The first-order valence-electron chi connectivity index (χ1n) is 5.19. The summed E-state index contributed by atoms with van der Waals surface area (Å²) in [6.45, 7) is 4.13. The third kappa shape index (κ3) is 3.03. The van der Waals surface area contributed by atoms with Crippen LogP contribution in [0.25, 0.3) is 0 Å². The molecule has 2 aromatic rings. The first-order chi connectivity index (χ1) is 8.40. The largest absolute Gasteiger partial charge is 0.242 e. The summed E-state index contributed by atoms with van der Waals surface area (Å²) in [4.78, 5) is 2.19. The molecule has 0 unspecified atom stereocenters. The van der Waals surface area contributed by atoms with Gasteiger partial charge in [0.1, 0.15) is 0 Å². The third-order valence-corrected chi connectivity index (χ3v) is 6.76. The molecule has 2 rings (SSSR count). The van der Waals surface area contributed by atoms with Gasteiger partial charge in [-0.25, -0.2) is 13.1 Å². The summed E-state index contributed by atoms with van der Waals surface area (Å²) in [5, 5.41) is 1.96. The Morgan fingerprint density at radius 1 is 1.39 bits per heavy atom. The summed E-state index contributed by atoms with van der Waals surface area (Å²) >= 11 is 6.29. The van der Waals surface area contributed by atoms with Crippen LogP contribution in [-0.4, -0.2) is 8.42 Å². The summed E-state index contributed by atoms with van der Waals surface area (Å²) < 4.78 is 27.8. The van der Waals surface area contributed by atoms with Crippen molar-refractivity contribution in [3.8, 4) is 0 Å². The molecule has 3 nitrogen and oxygen atoms in total. The smallest absolute Gasteiger partial charge is 0.207 e. The van der Waals surface area contributed by atoms with Crippen molar-refractivity contribution >= 4 is 48.6 Å². The number of hydrogen-bond acceptors (Lipinski definition) is 4. The van der Waals surface area contributed by atoms with Gasteiger partial charge in [-0.2, -0.15) is 0 Å². The van der Waals surface area contributed by atoms with E-state index in [1.165, 1.54) is 11.3 Å². The maximum atomic E-state index is 12.2. The van der Waals surface area contributed by atoms with Crippen LogP contribution in [0, 0.1) is 13.8 Å². The van der Waals surface area contributed by atoms with Gasteiger partial charge in [-0.05, 0) is 52.9 Å². The second kappa shape index (κ2) is 5.42. The number of thiophene rings is 2. The highest BCUT2D eigenvalue weighted by Crippen LogP contribution is 2.29. The molecule has 0 aliphatic heterocycles. The fourth-order valence-corrected chi connectivity index (χ4v) is 5.87. The van der Waals surface area contributed by atoms with E-state index in [0.29, 0.717) is 11.4 Å². The molecule has 1 N–H and O–H groups in total. The summed E-state index contributed by atoms with van der Waals surface area (Å²) in [7, 11) is -3.43. The Balaban J connectivity index is 2.18. The van der Waals surface area contributed by atoms with Crippen molar-refractivity contribution in [1.29, 1.82) is 0 Å². The molecule has 0 radical (unpaired) electrons. The highest BCUT2D eigenvalue weighted by atomic mass is 79.9. The van der Waals surface area contributed by atoms with Gasteiger partial charge in [-0.1, -0.05) is 0 Å². The molecule has 0 saturated heterocycles. The lowest BCUT2D eigenvalue weighted by molar-refractivity contribution is 0.581. The molecule has 2 heterocycles. The predicted molar refractivity (Wildman–Crippen MR) is 79.8 cm³/mol. The Labute approximate surface area is 123 Å². The molecule has 18 heavy (non-hydrogen) atoms. The topological polar surface area (TPSA) is 46.2 Å². The number of sulfonamides is 1. The van der Waals surface area contributed by atoms with Crippen LogP contribution in [-0.2, 0) is 16.6 Å². The van der Waals surface area contributed by atoms with Crippen LogP contribution in [0.15, 0.2) is 26.2 Å². The Morgan fingerprint density at radius 3 is 2.61 bits per heavy atom. The molecule has 0 spiro atoms. The second-order valence-electron chi connectivity index (χ2n) is 3.82. The number of aryl methyl sites for hydroxylation is 2. The fourth-order valence-electron chi connectivity index (χ4n) is 1.52. The number of hydrogen-bond donors (Lipinski definition) is 1. The van der Waals surface area contributed by atoms with Gasteiger partial charge in [0.2, 0.25) is 10.0 Å². The molecule has 0 atom stereocenters. The normalized spacial score (nSPS) is 11.9. The first-order valence-corrected chi connectivity index (χ1v) is 9.16. The minimum absolute atomic E-state index is 0.346. The van der Waals surface area contributed by atoms with Crippen LogP contribution in [0.2, 0.25) is 0 Å². The number of nitrogens with one attached hydrogen (secondary N) is 1. The molecule has 2 aromatic heterocycles. The van der Waals surface area contributed by atoms with Crippen LogP contribution in [0.4, 0.5) is 0 Å². The second-order valence-corrected chi connectivity index (χ2v) is 9.19. The summed E-state index contributed by atoms with van der Waals surface area (Å²) in [6, 6.07) is 3.63. The SMILES string of the molecule is Cc1ccsc1CNS(=O)(=O)c1cc(Br)sc1C. The minimum atomic E-state index is -3.43. The molecule has 0 fully saturated rings. The van der Waals surface area contributed by atoms with E-state index in [1.54, 1.807) is 24.3 Å². The Bertz CT molecular complexity index is 658. The molecular weight excluding hydrogens is 354 g/mol. The van der Waals surface area contributed by atoms with E-state index in [-0.39, 0.29) is 0 Å². The van der Waals surface area contributed by atoms with Gasteiger partial charge in [0, 0.05) is 16.3 Å². The van der Waals surface area contributed by atoms with Gasteiger partial charge in [0.05, 0.1) is 8.68 Å². The van der Waals surface area contributed by atoms with Crippen LogP contribution in [0.3, 0.4) is 0 Å². The molecule has 98 valence electrons. The Hall–Kier alpha value is -0.210. The summed E-state index contributed by atoms with van der Waals surface area (Å²) in [5.41, 5.74) is 1.12. The van der Waals surface area contributed by atoms with E-state index >= 15 is 0 Å². The van der Waals surface area contributed by atoms with Crippen molar-refractivity contribution in [3.63, 3.8) is 0 Å². The van der Waals surface area contributed by atoms with Crippen molar-refractivity contribution in [3.05, 3.63) is 36.6 Å². The standard InChI is InChI=1S/C11H12BrNO2S3/c1-7-3-4-16-9(7)6-13-18(14,15)10-5-11(12)17-8(10)2/h3-5,13H,6H2,1-2H3. The average Bonchev–Trinajstić information content (AvgIpc) is 2.82. The van der Waals surface area contributed by atoms with Gasteiger partial charge in [-0.3, -0.25) is 0 Å². The van der Waals surface area contributed by atoms with E-state index in [1.807, 2.05) is 18.4 Å². The van der Waals surface area contributed by atoms with Crippen molar-refractivity contribution < 1.29 is 8.42 Å². The van der Waals surface area contributed by atoms with Gasteiger partial charge in [-0.15, -0.1) is 22.7 Å². The van der Waals surface area contributed by atoms with Crippen molar-refractivity contribution in [2.24, 2.45) is 0 Å². The van der Waals surface area contributed by atoms with Crippen LogP contribution < -0.4 is 4.72 Å². The van der Waals surface area contributed by atoms with Crippen LogP contribution >= 0.6 is 38.6 Å². The monoisotopic (exact) mass is 365 g/mol. The zero-order chi connectivity index (χ0) is 13.3. The van der Waals surface area contributed by atoms with Crippen LogP contribution in [0.5, 0.6) is 0 Å². The highest BCUT2D eigenvalue weighted by molar-refractivity contribution is 9.11. The van der Waals surface area contributed by atoms with Gasteiger partial charge >= 0.3 is 0 Å². The lowest BCUT2D eigenvalue weighted by Crippen LogP contribution is -2.23. The van der Waals surface area contributed by atoms with Crippen molar-refractivity contribution in [2.45, 2.75) is 25.3 Å². The number of rotatable bonds is 4. The first kappa shape index (κ1) is 14.2.